The van der Waals surface area contributed by atoms with E-state index >= 15 is 0 Å². The molecule has 1 aromatic carbocycles. The molecule has 5 heteroatoms. The van der Waals surface area contributed by atoms with Crippen LogP contribution in [0, 0.1) is 0 Å². The highest BCUT2D eigenvalue weighted by Crippen LogP contribution is 2.15. The fourth-order valence-corrected chi connectivity index (χ4v) is 2.76. The van der Waals surface area contributed by atoms with Gasteiger partial charge in [-0.2, -0.15) is 0 Å². The molecule has 0 saturated carbocycles. The van der Waals surface area contributed by atoms with Crippen LogP contribution >= 0.6 is 0 Å². The molecule has 0 aliphatic carbocycles. The summed E-state index contributed by atoms with van der Waals surface area (Å²) in [6.07, 6.45) is 2.14. The molecule has 0 aromatic heterocycles. The zero-order chi connectivity index (χ0) is 17.7. The van der Waals surface area contributed by atoms with Crippen molar-refractivity contribution in [2.45, 2.75) is 52.2 Å². The molecule has 1 saturated heterocycles. The van der Waals surface area contributed by atoms with E-state index in [-0.39, 0.29) is 23.5 Å². The maximum Gasteiger partial charge on any atom is 0.254 e. The predicted molar refractivity (Wildman–Crippen MR) is 94.2 cm³/mol. The van der Waals surface area contributed by atoms with Gasteiger partial charge in [0.25, 0.3) is 11.8 Å². The molecule has 0 radical (unpaired) electrons. The molecule has 0 spiro atoms. The van der Waals surface area contributed by atoms with Crippen LogP contribution in [-0.2, 0) is 4.74 Å². The number of nitrogens with zero attached hydrogens (tertiary/aromatic N) is 1. The van der Waals surface area contributed by atoms with Gasteiger partial charge in [-0.3, -0.25) is 9.59 Å². The lowest BCUT2D eigenvalue weighted by Crippen LogP contribution is -2.45. The number of ether oxygens (including phenoxy) is 1. The van der Waals surface area contributed by atoms with Gasteiger partial charge in [0.1, 0.15) is 0 Å². The maximum absolute atomic E-state index is 12.6. The standard InChI is InChI=1S/C19H28N2O3/c1-5-6-16-13-21(11-12-24-16)18(23)15-9-7-14(8-10-15)17(22)20-19(2,3)4/h7-10,16H,5-6,11-13H2,1-4H3,(H,20,22)/t16-/m0/s1. The first-order chi connectivity index (χ1) is 11.3. The Bertz CT molecular complexity index is 573. The van der Waals surface area contributed by atoms with Crippen molar-refractivity contribution in [2.75, 3.05) is 19.7 Å². The van der Waals surface area contributed by atoms with Gasteiger partial charge in [-0.1, -0.05) is 13.3 Å². The van der Waals surface area contributed by atoms with Crippen LogP contribution in [0.4, 0.5) is 0 Å². The summed E-state index contributed by atoms with van der Waals surface area (Å²) in [4.78, 5) is 26.6. The third-order valence-electron chi connectivity index (χ3n) is 3.92. The minimum absolute atomic E-state index is 0.00202. The highest BCUT2D eigenvalue weighted by Gasteiger charge is 2.24. The summed E-state index contributed by atoms with van der Waals surface area (Å²) in [5.41, 5.74) is 0.889. The molecule has 1 atom stereocenters. The Hall–Kier alpha value is -1.88. The van der Waals surface area contributed by atoms with Crippen molar-refractivity contribution >= 4 is 11.8 Å². The van der Waals surface area contributed by atoms with Gasteiger partial charge in [-0.15, -0.1) is 0 Å². The third-order valence-corrected chi connectivity index (χ3v) is 3.92. The summed E-state index contributed by atoms with van der Waals surface area (Å²) in [7, 11) is 0. The average molecular weight is 332 g/mol. The van der Waals surface area contributed by atoms with Crippen LogP contribution in [0.25, 0.3) is 0 Å². The van der Waals surface area contributed by atoms with Gasteiger partial charge < -0.3 is 15.0 Å². The van der Waals surface area contributed by atoms with E-state index in [2.05, 4.69) is 12.2 Å². The Morgan fingerprint density at radius 3 is 2.42 bits per heavy atom. The Labute approximate surface area is 144 Å². The van der Waals surface area contributed by atoms with Crippen molar-refractivity contribution in [1.29, 1.82) is 0 Å². The molecule has 1 aromatic rings. The second kappa shape index (κ2) is 7.79. The molecule has 0 bridgehead atoms. The smallest absolute Gasteiger partial charge is 0.254 e. The van der Waals surface area contributed by atoms with Crippen LogP contribution < -0.4 is 5.32 Å². The Morgan fingerprint density at radius 1 is 1.21 bits per heavy atom. The molecule has 24 heavy (non-hydrogen) atoms. The van der Waals surface area contributed by atoms with Crippen molar-refractivity contribution in [3.05, 3.63) is 35.4 Å². The van der Waals surface area contributed by atoms with E-state index in [4.69, 9.17) is 4.74 Å². The number of morpholine rings is 1. The summed E-state index contributed by atoms with van der Waals surface area (Å²) in [5.74, 6) is -0.127. The first-order valence-corrected chi connectivity index (χ1v) is 8.63. The van der Waals surface area contributed by atoms with E-state index in [9.17, 15) is 9.59 Å². The fourth-order valence-electron chi connectivity index (χ4n) is 2.76. The van der Waals surface area contributed by atoms with Gasteiger partial charge >= 0.3 is 0 Å². The predicted octanol–water partition coefficient (Wildman–Crippen LogP) is 2.86. The molecule has 0 unspecified atom stereocenters. The van der Waals surface area contributed by atoms with E-state index < -0.39 is 0 Å². The first-order valence-electron chi connectivity index (χ1n) is 8.63. The quantitative estimate of drug-likeness (QED) is 0.922. The third kappa shape index (κ3) is 5.06. The maximum atomic E-state index is 12.6. The SMILES string of the molecule is CCC[C@H]1CN(C(=O)c2ccc(C(=O)NC(C)(C)C)cc2)CCO1. The molecule has 1 heterocycles. The van der Waals surface area contributed by atoms with E-state index in [1.165, 1.54) is 0 Å². The van der Waals surface area contributed by atoms with E-state index in [1.54, 1.807) is 24.3 Å². The van der Waals surface area contributed by atoms with Gasteiger partial charge in [0.15, 0.2) is 0 Å². The topological polar surface area (TPSA) is 58.6 Å². The zero-order valence-electron chi connectivity index (χ0n) is 15.1. The minimum atomic E-state index is -0.284. The highest BCUT2D eigenvalue weighted by atomic mass is 16.5. The van der Waals surface area contributed by atoms with Gasteiger partial charge in [-0.25, -0.2) is 0 Å². The number of carbonyl (C=O) groups excluding carboxylic acids is 2. The Balaban J connectivity index is 2.02. The lowest BCUT2D eigenvalue weighted by molar-refractivity contribution is -0.0250. The van der Waals surface area contributed by atoms with Gasteiger partial charge in [0.05, 0.1) is 12.7 Å². The average Bonchev–Trinajstić information content (AvgIpc) is 2.53. The molecule has 132 valence electrons. The molecule has 1 N–H and O–H groups in total. The zero-order valence-corrected chi connectivity index (χ0v) is 15.1. The van der Waals surface area contributed by atoms with Crippen molar-refractivity contribution in [1.82, 2.24) is 10.2 Å². The minimum Gasteiger partial charge on any atom is -0.375 e. The largest absolute Gasteiger partial charge is 0.375 e. The van der Waals surface area contributed by atoms with Crippen LogP contribution in [-0.4, -0.2) is 48.1 Å². The van der Waals surface area contributed by atoms with Crippen LogP contribution in [0.1, 0.15) is 61.3 Å². The molecule has 2 rings (SSSR count). The molecular formula is C19H28N2O3. The normalized spacial score (nSPS) is 18.3. The lowest BCUT2D eigenvalue weighted by atomic mass is 10.1. The lowest BCUT2D eigenvalue weighted by Gasteiger charge is -2.33. The number of rotatable bonds is 4. The summed E-state index contributed by atoms with van der Waals surface area (Å²) in [5, 5.41) is 2.92. The molecule has 5 nitrogen and oxygen atoms in total. The Kier molecular flexibility index (Phi) is 5.99. The van der Waals surface area contributed by atoms with Crippen molar-refractivity contribution in [3.63, 3.8) is 0 Å². The molecule has 1 aliphatic rings. The van der Waals surface area contributed by atoms with Crippen molar-refractivity contribution in [2.24, 2.45) is 0 Å². The van der Waals surface area contributed by atoms with Crippen LogP contribution in [0.2, 0.25) is 0 Å². The Morgan fingerprint density at radius 2 is 1.83 bits per heavy atom. The second-order valence-electron chi connectivity index (χ2n) is 7.31. The summed E-state index contributed by atoms with van der Waals surface area (Å²) in [6.45, 7) is 9.77. The summed E-state index contributed by atoms with van der Waals surface area (Å²) in [6, 6.07) is 6.87. The van der Waals surface area contributed by atoms with E-state index in [0.29, 0.717) is 30.8 Å². The van der Waals surface area contributed by atoms with Crippen LogP contribution in [0.5, 0.6) is 0 Å². The number of carbonyl (C=O) groups is 2. The highest BCUT2D eigenvalue weighted by molar-refractivity contribution is 5.98. The van der Waals surface area contributed by atoms with Gasteiger partial charge in [-0.05, 0) is 51.5 Å². The van der Waals surface area contributed by atoms with E-state index in [0.717, 1.165) is 12.8 Å². The molecule has 1 aliphatic heterocycles. The van der Waals surface area contributed by atoms with Crippen LogP contribution in [0.15, 0.2) is 24.3 Å². The van der Waals surface area contributed by atoms with Crippen molar-refractivity contribution < 1.29 is 14.3 Å². The van der Waals surface area contributed by atoms with Gasteiger partial charge in [0, 0.05) is 29.8 Å². The summed E-state index contributed by atoms with van der Waals surface area (Å²) >= 11 is 0. The monoisotopic (exact) mass is 332 g/mol. The molecular weight excluding hydrogens is 304 g/mol. The second-order valence-corrected chi connectivity index (χ2v) is 7.31. The molecule has 1 fully saturated rings. The fraction of sp³-hybridized carbons (Fsp3) is 0.579. The number of benzene rings is 1. The number of amides is 2. The molecule has 2 amide bonds. The van der Waals surface area contributed by atoms with E-state index in [1.807, 2.05) is 25.7 Å². The van der Waals surface area contributed by atoms with Gasteiger partial charge in [0.2, 0.25) is 0 Å². The first kappa shape index (κ1) is 18.5. The number of hydrogen-bond donors (Lipinski definition) is 1. The summed E-state index contributed by atoms with van der Waals surface area (Å²) < 4.78 is 5.68. The van der Waals surface area contributed by atoms with Crippen molar-refractivity contribution in [3.8, 4) is 0 Å². The number of nitrogens with one attached hydrogen (secondary N) is 1. The number of hydrogen-bond acceptors (Lipinski definition) is 3. The van der Waals surface area contributed by atoms with Crippen LogP contribution in [0.3, 0.4) is 0 Å².